The first-order valence-corrected chi connectivity index (χ1v) is 8.85. The highest BCUT2D eigenvalue weighted by Gasteiger charge is 2.08. The van der Waals surface area contributed by atoms with Crippen LogP contribution < -0.4 is 15.4 Å². The third-order valence-electron chi connectivity index (χ3n) is 4.14. The number of nitrogens with one attached hydrogen (secondary N) is 2. The van der Waals surface area contributed by atoms with Gasteiger partial charge in [-0.15, -0.1) is 0 Å². The van der Waals surface area contributed by atoms with Gasteiger partial charge >= 0.3 is 0 Å². The van der Waals surface area contributed by atoms with Gasteiger partial charge in [-0.25, -0.2) is 14.4 Å². The van der Waals surface area contributed by atoms with Crippen molar-refractivity contribution < 1.29 is 13.9 Å². The molecule has 0 aliphatic rings. The molecule has 3 rings (SSSR count). The van der Waals surface area contributed by atoms with Crippen LogP contribution in [0.2, 0.25) is 0 Å². The summed E-state index contributed by atoms with van der Waals surface area (Å²) in [6, 6.07) is 15.5. The number of carbonyl (C=O) groups is 1. The number of ether oxygens (including phenoxy) is 1. The third-order valence-corrected chi connectivity index (χ3v) is 4.14. The standard InChI is InChI=1S/C21H21FN4O2/c1-28-18-8-4-16(5-9-18)13-24-20-12-19(25-14-26-20)21(27)23-11-10-15-2-6-17(22)7-3-15/h2-9,12,14H,10-11,13H2,1H3,(H,23,27)(H,24,25,26). The monoisotopic (exact) mass is 380 g/mol. The fourth-order valence-electron chi connectivity index (χ4n) is 2.58. The Kier molecular flexibility index (Phi) is 6.51. The second kappa shape index (κ2) is 9.45. The van der Waals surface area contributed by atoms with E-state index in [2.05, 4.69) is 20.6 Å². The number of amides is 1. The van der Waals surface area contributed by atoms with Crippen LogP contribution in [0, 0.1) is 5.82 Å². The summed E-state index contributed by atoms with van der Waals surface area (Å²) in [6.07, 6.45) is 1.96. The second-order valence-corrected chi connectivity index (χ2v) is 6.12. The molecule has 0 bridgehead atoms. The van der Waals surface area contributed by atoms with Gasteiger partial charge in [-0.1, -0.05) is 24.3 Å². The Morgan fingerprint density at radius 3 is 2.46 bits per heavy atom. The van der Waals surface area contributed by atoms with Crippen molar-refractivity contribution in [2.24, 2.45) is 0 Å². The van der Waals surface area contributed by atoms with Gasteiger partial charge in [0.25, 0.3) is 5.91 Å². The molecule has 0 aliphatic carbocycles. The Hall–Kier alpha value is -3.48. The topological polar surface area (TPSA) is 76.1 Å². The molecule has 0 fully saturated rings. The molecule has 0 spiro atoms. The largest absolute Gasteiger partial charge is 0.497 e. The van der Waals surface area contributed by atoms with Gasteiger partial charge in [0.1, 0.15) is 29.4 Å². The molecule has 2 N–H and O–H groups in total. The van der Waals surface area contributed by atoms with Gasteiger partial charge in [-0.2, -0.15) is 0 Å². The maximum atomic E-state index is 12.9. The molecule has 0 saturated carbocycles. The predicted octanol–water partition coefficient (Wildman–Crippen LogP) is 3.21. The van der Waals surface area contributed by atoms with Crippen molar-refractivity contribution >= 4 is 11.7 Å². The van der Waals surface area contributed by atoms with Crippen LogP contribution in [0.15, 0.2) is 60.9 Å². The van der Waals surface area contributed by atoms with Crippen LogP contribution >= 0.6 is 0 Å². The number of methoxy groups -OCH3 is 1. The van der Waals surface area contributed by atoms with Crippen LogP contribution in [-0.4, -0.2) is 29.5 Å². The van der Waals surface area contributed by atoms with E-state index in [0.29, 0.717) is 25.3 Å². The summed E-state index contributed by atoms with van der Waals surface area (Å²) in [5.41, 5.74) is 2.29. The van der Waals surface area contributed by atoms with E-state index < -0.39 is 0 Å². The number of hydrogen-bond donors (Lipinski definition) is 2. The van der Waals surface area contributed by atoms with E-state index in [9.17, 15) is 9.18 Å². The summed E-state index contributed by atoms with van der Waals surface area (Å²) in [5.74, 6) is 0.806. The molecular formula is C21H21FN4O2. The van der Waals surface area contributed by atoms with E-state index in [1.54, 1.807) is 25.3 Å². The van der Waals surface area contributed by atoms with Gasteiger partial charge in [0.05, 0.1) is 7.11 Å². The normalized spacial score (nSPS) is 10.4. The summed E-state index contributed by atoms with van der Waals surface area (Å²) in [7, 11) is 1.63. The summed E-state index contributed by atoms with van der Waals surface area (Å²) in [6.45, 7) is 0.996. The van der Waals surface area contributed by atoms with Gasteiger partial charge in [0.2, 0.25) is 0 Å². The van der Waals surface area contributed by atoms with E-state index in [-0.39, 0.29) is 17.4 Å². The highest BCUT2D eigenvalue weighted by Crippen LogP contribution is 2.13. The van der Waals surface area contributed by atoms with Crippen LogP contribution in [0.5, 0.6) is 5.75 Å². The highest BCUT2D eigenvalue weighted by molar-refractivity contribution is 5.92. The lowest BCUT2D eigenvalue weighted by Crippen LogP contribution is -2.26. The Balaban J connectivity index is 1.51. The zero-order chi connectivity index (χ0) is 19.8. The highest BCUT2D eigenvalue weighted by atomic mass is 19.1. The summed E-state index contributed by atoms with van der Waals surface area (Å²) in [4.78, 5) is 20.5. The first-order valence-electron chi connectivity index (χ1n) is 8.85. The fourth-order valence-corrected chi connectivity index (χ4v) is 2.58. The van der Waals surface area contributed by atoms with Gasteiger partial charge in [-0.05, 0) is 41.8 Å². The number of aromatic nitrogens is 2. The predicted molar refractivity (Wildman–Crippen MR) is 105 cm³/mol. The zero-order valence-electron chi connectivity index (χ0n) is 15.5. The molecule has 6 nitrogen and oxygen atoms in total. The molecule has 0 aliphatic heterocycles. The third kappa shape index (κ3) is 5.51. The van der Waals surface area contributed by atoms with Gasteiger partial charge in [0.15, 0.2) is 0 Å². The van der Waals surface area contributed by atoms with Crippen molar-refractivity contribution in [1.82, 2.24) is 15.3 Å². The SMILES string of the molecule is COc1ccc(CNc2cc(C(=O)NCCc3ccc(F)cc3)ncn2)cc1. The number of rotatable bonds is 8. The Bertz CT molecular complexity index is 914. The minimum absolute atomic E-state index is 0.275. The number of benzene rings is 2. The number of nitrogens with zero attached hydrogens (tertiary/aromatic N) is 2. The fraction of sp³-hybridized carbons (Fsp3) is 0.190. The van der Waals surface area contributed by atoms with E-state index >= 15 is 0 Å². The van der Waals surface area contributed by atoms with Crippen molar-refractivity contribution in [2.45, 2.75) is 13.0 Å². The number of anilines is 1. The minimum Gasteiger partial charge on any atom is -0.497 e. The van der Waals surface area contributed by atoms with Crippen molar-refractivity contribution in [3.8, 4) is 5.75 Å². The van der Waals surface area contributed by atoms with Crippen LogP contribution in [-0.2, 0) is 13.0 Å². The van der Waals surface area contributed by atoms with Crippen molar-refractivity contribution in [3.05, 3.63) is 83.6 Å². The molecule has 7 heteroatoms. The summed E-state index contributed by atoms with van der Waals surface area (Å²) < 4.78 is 18.0. The molecule has 1 heterocycles. The summed E-state index contributed by atoms with van der Waals surface area (Å²) in [5, 5.41) is 5.98. The molecule has 144 valence electrons. The van der Waals surface area contributed by atoms with Crippen LogP contribution in [0.25, 0.3) is 0 Å². The van der Waals surface area contributed by atoms with Gasteiger partial charge in [-0.3, -0.25) is 4.79 Å². The van der Waals surface area contributed by atoms with Crippen LogP contribution in [0.3, 0.4) is 0 Å². The first kappa shape index (κ1) is 19.3. The van der Waals surface area contributed by atoms with Crippen molar-refractivity contribution in [3.63, 3.8) is 0 Å². The van der Waals surface area contributed by atoms with Crippen LogP contribution in [0.4, 0.5) is 10.2 Å². The van der Waals surface area contributed by atoms with Gasteiger partial charge in [0, 0.05) is 19.2 Å². The lowest BCUT2D eigenvalue weighted by molar-refractivity contribution is 0.0949. The van der Waals surface area contributed by atoms with E-state index in [1.165, 1.54) is 18.5 Å². The molecule has 2 aromatic carbocycles. The number of halogens is 1. The minimum atomic E-state index is -0.281. The van der Waals surface area contributed by atoms with Crippen LogP contribution in [0.1, 0.15) is 21.6 Å². The zero-order valence-corrected chi connectivity index (χ0v) is 15.5. The van der Waals surface area contributed by atoms with Gasteiger partial charge < -0.3 is 15.4 Å². The lowest BCUT2D eigenvalue weighted by atomic mass is 10.1. The van der Waals surface area contributed by atoms with E-state index in [0.717, 1.165) is 16.9 Å². The molecule has 1 aromatic heterocycles. The Labute approximate surface area is 162 Å². The Morgan fingerprint density at radius 2 is 1.75 bits per heavy atom. The first-order chi connectivity index (χ1) is 13.6. The average molecular weight is 380 g/mol. The maximum Gasteiger partial charge on any atom is 0.270 e. The average Bonchev–Trinajstić information content (AvgIpc) is 2.74. The number of hydrogen-bond acceptors (Lipinski definition) is 5. The molecule has 0 unspecified atom stereocenters. The molecular weight excluding hydrogens is 359 g/mol. The molecule has 1 amide bonds. The molecule has 3 aromatic rings. The Morgan fingerprint density at radius 1 is 1.04 bits per heavy atom. The molecule has 0 atom stereocenters. The molecule has 0 radical (unpaired) electrons. The van der Waals surface area contributed by atoms with Crippen molar-refractivity contribution in [2.75, 3.05) is 19.0 Å². The smallest absolute Gasteiger partial charge is 0.270 e. The quantitative estimate of drug-likeness (QED) is 0.628. The van der Waals surface area contributed by atoms with E-state index in [4.69, 9.17) is 4.74 Å². The number of carbonyl (C=O) groups excluding carboxylic acids is 1. The second-order valence-electron chi connectivity index (χ2n) is 6.12. The molecule has 0 saturated heterocycles. The van der Waals surface area contributed by atoms with E-state index in [1.807, 2.05) is 24.3 Å². The lowest BCUT2D eigenvalue weighted by Gasteiger charge is -2.08. The maximum absolute atomic E-state index is 12.9. The summed E-state index contributed by atoms with van der Waals surface area (Å²) >= 11 is 0. The molecule has 28 heavy (non-hydrogen) atoms. The van der Waals surface area contributed by atoms with Crippen molar-refractivity contribution in [1.29, 1.82) is 0 Å².